The van der Waals surface area contributed by atoms with Crippen LogP contribution in [0.1, 0.15) is 73.6 Å². The summed E-state index contributed by atoms with van der Waals surface area (Å²) < 4.78 is 0. The molecular formula is C39H40S. The molecule has 4 aromatic rings. The molecule has 4 aromatic carbocycles. The Bertz CT molecular complexity index is 1640. The van der Waals surface area contributed by atoms with Crippen molar-refractivity contribution in [1.29, 1.82) is 0 Å². The van der Waals surface area contributed by atoms with E-state index in [-0.39, 0.29) is 10.8 Å². The molecule has 0 saturated heterocycles. The Hall–Kier alpha value is -3.29. The van der Waals surface area contributed by atoms with Crippen LogP contribution in [0.15, 0.2) is 108 Å². The molecule has 0 spiro atoms. The van der Waals surface area contributed by atoms with E-state index in [0.717, 1.165) is 18.6 Å². The van der Waals surface area contributed by atoms with E-state index in [4.69, 9.17) is 0 Å². The predicted octanol–water partition coefficient (Wildman–Crippen LogP) is 10.5. The van der Waals surface area contributed by atoms with E-state index in [2.05, 4.69) is 139 Å². The lowest BCUT2D eigenvalue weighted by molar-refractivity contribution is 0.590. The summed E-state index contributed by atoms with van der Waals surface area (Å²) in [6.07, 6.45) is 6.68. The molecule has 1 aliphatic carbocycles. The van der Waals surface area contributed by atoms with Gasteiger partial charge in [0.2, 0.25) is 0 Å². The van der Waals surface area contributed by atoms with Crippen LogP contribution in [-0.2, 0) is 23.7 Å². The number of aryl methyl sites for hydroxylation is 1. The highest BCUT2D eigenvalue weighted by molar-refractivity contribution is 7.99. The van der Waals surface area contributed by atoms with Gasteiger partial charge in [-0.15, -0.1) is 11.8 Å². The quantitative estimate of drug-likeness (QED) is 0.249. The van der Waals surface area contributed by atoms with Crippen molar-refractivity contribution in [2.45, 2.75) is 70.1 Å². The molecule has 0 unspecified atom stereocenters. The first kappa shape index (κ1) is 26.9. The highest BCUT2D eigenvalue weighted by Crippen LogP contribution is 2.49. The van der Waals surface area contributed by atoms with E-state index in [1.54, 1.807) is 0 Å². The fourth-order valence-electron chi connectivity index (χ4n) is 6.51. The fraction of sp³-hybridized carbons (Fsp3) is 0.282. The van der Waals surface area contributed by atoms with Gasteiger partial charge in [0.05, 0.1) is 0 Å². The smallest absolute Gasteiger partial charge is 0.0164 e. The molecule has 0 N–H and O–H groups in total. The molecule has 202 valence electrons. The molecule has 1 heteroatoms. The molecule has 40 heavy (non-hydrogen) atoms. The Kier molecular flexibility index (Phi) is 6.91. The molecule has 0 nitrogen and oxygen atoms in total. The van der Waals surface area contributed by atoms with Crippen molar-refractivity contribution in [1.82, 2.24) is 0 Å². The first-order chi connectivity index (χ1) is 19.1. The van der Waals surface area contributed by atoms with Gasteiger partial charge in [-0.25, -0.2) is 0 Å². The van der Waals surface area contributed by atoms with E-state index in [1.807, 2.05) is 11.8 Å². The van der Waals surface area contributed by atoms with Gasteiger partial charge < -0.3 is 0 Å². The number of rotatable bonds is 3. The van der Waals surface area contributed by atoms with Crippen LogP contribution in [0.2, 0.25) is 0 Å². The van der Waals surface area contributed by atoms with Gasteiger partial charge in [0, 0.05) is 16.1 Å². The average Bonchev–Trinajstić information content (AvgIpc) is 3.18. The standard InChI is InChI=1S/C39H40S/c1-26-12-7-8-13-31(26)33-23-29-24-34-32-14-9-10-15-35(32)39(5,6)36(34)16-11-21-40-37(29)25-28(33)22-27-17-19-30(20-18-27)38(2,3)4/h7-20,23,25H,21-22,24H2,1-6H3/b16-11-. The number of hydrogen-bond acceptors (Lipinski definition) is 1. The Labute approximate surface area is 245 Å². The van der Waals surface area contributed by atoms with Gasteiger partial charge in [0.25, 0.3) is 0 Å². The molecular weight excluding hydrogens is 500 g/mol. The molecule has 0 aromatic heterocycles. The van der Waals surface area contributed by atoms with Gasteiger partial charge in [0.1, 0.15) is 0 Å². The van der Waals surface area contributed by atoms with Crippen molar-refractivity contribution in [2.24, 2.45) is 0 Å². The summed E-state index contributed by atoms with van der Waals surface area (Å²) in [6, 6.07) is 32.2. The fourth-order valence-corrected chi connectivity index (χ4v) is 7.42. The van der Waals surface area contributed by atoms with Gasteiger partial charge in [-0.2, -0.15) is 0 Å². The van der Waals surface area contributed by atoms with Crippen LogP contribution in [-0.4, -0.2) is 5.75 Å². The second-order valence-corrected chi connectivity index (χ2v) is 14.1. The minimum absolute atomic E-state index is 0.0234. The molecule has 0 fully saturated rings. The van der Waals surface area contributed by atoms with Gasteiger partial charge in [0.15, 0.2) is 0 Å². The highest BCUT2D eigenvalue weighted by atomic mass is 32.2. The molecule has 1 aliphatic heterocycles. The predicted molar refractivity (Wildman–Crippen MR) is 175 cm³/mol. The maximum Gasteiger partial charge on any atom is 0.0164 e. The normalized spacial score (nSPS) is 16.9. The third-order valence-corrected chi connectivity index (χ3v) is 9.90. The van der Waals surface area contributed by atoms with Crippen molar-refractivity contribution in [3.05, 3.63) is 142 Å². The molecule has 6 rings (SSSR count). The van der Waals surface area contributed by atoms with E-state index in [1.165, 1.54) is 66.1 Å². The van der Waals surface area contributed by atoms with Gasteiger partial charge in [-0.3, -0.25) is 0 Å². The van der Waals surface area contributed by atoms with Crippen LogP contribution in [0.3, 0.4) is 0 Å². The lowest BCUT2D eigenvalue weighted by atomic mass is 9.81. The minimum Gasteiger partial charge on any atom is -0.122 e. The summed E-state index contributed by atoms with van der Waals surface area (Å²) in [5.74, 6) is 0.986. The van der Waals surface area contributed by atoms with Gasteiger partial charge in [-0.05, 0) is 98.5 Å². The Morgan fingerprint density at radius 3 is 2.23 bits per heavy atom. The van der Waals surface area contributed by atoms with Crippen LogP contribution < -0.4 is 0 Å². The lowest BCUT2D eigenvalue weighted by Gasteiger charge is -2.22. The van der Waals surface area contributed by atoms with Crippen molar-refractivity contribution in [3.8, 4) is 11.1 Å². The van der Waals surface area contributed by atoms with Crippen molar-refractivity contribution in [2.75, 3.05) is 5.75 Å². The van der Waals surface area contributed by atoms with E-state index in [0.29, 0.717) is 0 Å². The zero-order valence-electron chi connectivity index (χ0n) is 24.8. The third-order valence-electron chi connectivity index (χ3n) is 8.85. The lowest BCUT2D eigenvalue weighted by Crippen LogP contribution is -2.16. The number of thioether (sulfide) groups is 1. The molecule has 2 aliphatic rings. The summed E-state index contributed by atoms with van der Waals surface area (Å²) in [5.41, 5.74) is 15.7. The summed E-state index contributed by atoms with van der Waals surface area (Å²) in [5, 5.41) is 0. The molecule has 0 atom stereocenters. The number of allylic oxidation sites excluding steroid dienone is 3. The maximum atomic E-state index is 2.52. The Morgan fingerprint density at radius 2 is 1.50 bits per heavy atom. The molecule has 0 amide bonds. The van der Waals surface area contributed by atoms with E-state index >= 15 is 0 Å². The maximum absolute atomic E-state index is 2.52. The zero-order chi connectivity index (χ0) is 28.1. The van der Waals surface area contributed by atoms with Crippen molar-refractivity contribution < 1.29 is 0 Å². The van der Waals surface area contributed by atoms with Crippen molar-refractivity contribution in [3.63, 3.8) is 0 Å². The first-order valence-corrected chi connectivity index (χ1v) is 15.6. The number of benzene rings is 4. The topological polar surface area (TPSA) is 0 Å². The highest BCUT2D eigenvalue weighted by Gasteiger charge is 2.36. The average molecular weight is 541 g/mol. The van der Waals surface area contributed by atoms with Crippen LogP contribution in [0, 0.1) is 6.92 Å². The monoisotopic (exact) mass is 540 g/mol. The van der Waals surface area contributed by atoms with Gasteiger partial charge in [-0.1, -0.05) is 120 Å². The second-order valence-electron chi connectivity index (χ2n) is 13.0. The van der Waals surface area contributed by atoms with Crippen LogP contribution in [0.4, 0.5) is 0 Å². The summed E-state index contributed by atoms with van der Waals surface area (Å²) in [7, 11) is 0. The third kappa shape index (κ3) is 4.90. The zero-order valence-corrected chi connectivity index (χ0v) is 25.6. The summed E-state index contributed by atoms with van der Waals surface area (Å²) in [4.78, 5) is 1.42. The first-order valence-electron chi connectivity index (χ1n) is 14.6. The second kappa shape index (κ2) is 10.3. The SMILES string of the molecule is Cc1ccccc1-c1cc2c(cc1Cc1ccc(C(C)(C)C)cc1)SC/C=C\C1=C(C2)c2ccccc2C1(C)C. The van der Waals surface area contributed by atoms with Crippen LogP contribution in [0.5, 0.6) is 0 Å². The van der Waals surface area contributed by atoms with Gasteiger partial charge >= 0.3 is 0 Å². The minimum atomic E-state index is 0.0234. The summed E-state index contributed by atoms with van der Waals surface area (Å²) >= 11 is 1.98. The van der Waals surface area contributed by atoms with Crippen LogP contribution >= 0.6 is 11.8 Å². The molecule has 0 bridgehead atoms. The van der Waals surface area contributed by atoms with E-state index in [9.17, 15) is 0 Å². The molecule has 0 saturated carbocycles. The van der Waals surface area contributed by atoms with E-state index < -0.39 is 0 Å². The summed E-state index contributed by atoms with van der Waals surface area (Å²) in [6.45, 7) is 13.9. The Morgan fingerprint density at radius 1 is 0.800 bits per heavy atom. The molecule has 1 heterocycles. The molecule has 0 radical (unpaired) electrons. The number of fused-ring (bicyclic) bond motifs is 3. The number of hydrogen-bond donors (Lipinski definition) is 0. The largest absolute Gasteiger partial charge is 0.122 e. The Balaban J connectivity index is 1.49. The van der Waals surface area contributed by atoms with Crippen molar-refractivity contribution >= 4 is 17.3 Å². The van der Waals surface area contributed by atoms with Crippen LogP contribution in [0.25, 0.3) is 16.7 Å².